The number of nitrogens with zero attached hydrogens (tertiary/aromatic N) is 1. The number of aliphatic hydroxyl groups is 1. The molecule has 0 bridgehead atoms. The molecule has 0 unspecified atom stereocenters. The van der Waals surface area contributed by atoms with E-state index in [1.165, 1.54) is 32.0 Å². The van der Waals surface area contributed by atoms with Crippen molar-refractivity contribution < 1.29 is 24.5 Å². The van der Waals surface area contributed by atoms with Crippen LogP contribution >= 0.6 is 11.8 Å². The fraction of sp³-hybridized carbons (Fsp3) is 0.0833. The Labute approximate surface area is 183 Å². The number of aliphatic hydroxyl groups excluding tert-OH is 1. The first-order valence-electron chi connectivity index (χ1n) is 9.37. The number of thioether (sulfide) groups is 1. The minimum Gasteiger partial charge on any atom is -0.506 e. The van der Waals surface area contributed by atoms with Crippen molar-refractivity contribution in [1.29, 1.82) is 0 Å². The first-order valence-corrected chi connectivity index (χ1v) is 10.2. The van der Waals surface area contributed by atoms with E-state index in [0.717, 1.165) is 10.8 Å². The molecule has 0 aromatic heterocycles. The highest BCUT2D eigenvalue weighted by molar-refractivity contribution is 8.18. The molecule has 0 saturated heterocycles. The van der Waals surface area contributed by atoms with Gasteiger partial charge in [-0.1, -0.05) is 54.2 Å². The van der Waals surface area contributed by atoms with E-state index >= 15 is 0 Å². The van der Waals surface area contributed by atoms with E-state index in [4.69, 9.17) is 9.47 Å². The van der Waals surface area contributed by atoms with Gasteiger partial charge in [0, 0.05) is 5.39 Å². The van der Waals surface area contributed by atoms with Crippen LogP contribution in [0.15, 0.2) is 81.9 Å². The van der Waals surface area contributed by atoms with Crippen LogP contribution < -0.4 is 4.74 Å². The van der Waals surface area contributed by atoms with E-state index in [0.29, 0.717) is 26.9 Å². The molecule has 156 valence electrons. The topological polar surface area (TPSA) is 88.4 Å². The van der Waals surface area contributed by atoms with E-state index < -0.39 is 5.97 Å². The Morgan fingerprint density at radius 2 is 1.81 bits per heavy atom. The molecule has 1 aliphatic heterocycles. The minimum absolute atomic E-state index is 0.0111. The van der Waals surface area contributed by atoms with Crippen LogP contribution in [0.3, 0.4) is 0 Å². The lowest BCUT2D eigenvalue weighted by Gasteiger charge is -2.05. The van der Waals surface area contributed by atoms with Gasteiger partial charge >= 0.3 is 5.97 Å². The molecule has 0 aliphatic carbocycles. The average molecular weight is 433 g/mol. The van der Waals surface area contributed by atoms with Gasteiger partial charge in [0.15, 0.2) is 11.5 Å². The third-order valence-corrected chi connectivity index (χ3v) is 5.79. The number of carbonyl (C=O) groups excluding carboxylic acids is 1. The van der Waals surface area contributed by atoms with E-state index in [1.54, 1.807) is 18.2 Å². The monoisotopic (exact) mass is 433 g/mol. The van der Waals surface area contributed by atoms with E-state index in [9.17, 15) is 15.0 Å². The van der Waals surface area contributed by atoms with E-state index in [-0.39, 0.29) is 17.1 Å². The zero-order valence-electron chi connectivity index (χ0n) is 16.8. The van der Waals surface area contributed by atoms with Gasteiger partial charge in [0.05, 0.1) is 24.8 Å². The van der Waals surface area contributed by atoms with Crippen molar-refractivity contribution in [3.8, 4) is 11.5 Å². The molecule has 0 atom stereocenters. The van der Waals surface area contributed by atoms with Crippen LogP contribution in [0.5, 0.6) is 11.5 Å². The number of fused-ring (bicyclic) bond motifs is 1. The molecule has 0 spiro atoms. The lowest BCUT2D eigenvalue weighted by Crippen LogP contribution is -2.10. The van der Waals surface area contributed by atoms with Crippen LogP contribution in [0.4, 0.5) is 5.69 Å². The molecule has 7 heteroatoms. The molecule has 31 heavy (non-hydrogen) atoms. The number of methoxy groups -OCH3 is 2. The summed E-state index contributed by atoms with van der Waals surface area (Å²) < 4.78 is 10.0. The molecule has 0 radical (unpaired) electrons. The smallest absolute Gasteiger partial charge is 0.344 e. The summed E-state index contributed by atoms with van der Waals surface area (Å²) in [5, 5.41) is 22.9. The normalized spacial score (nSPS) is 16.3. The summed E-state index contributed by atoms with van der Waals surface area (Å²) in [6.07, 6.45) is 1.69. The van der Waals surface area contributed by atoms with Crippen LogP contribution in [0.2, 0.25) is 0 Å². The summed E-state index contributed by atoms with van der Waals surface area (Å²) in [6.45, 7) is 0. The van der Waals surface area contributed by atoms with Crippen molar-refractivity contribution in [3.63, 3.8) is 0 Å². The zero-order valence-corrected chi connectivity index (χ0v) is 17.6. The average Bonchev–Trinajstić information content (AvgIpc) is 3.09. The Morgan fingerprint density at radius 1 is 1.03 bits per heavy atom. The maximum atomic E-state index is 12.4. The highest BCUT2D eigenvalue weighted by Gasteiger charge is 2.33. The maximum Gasteiger partial charge on any atom is 0.344 e. The van der Waals surface area contributed by atoms with Gasteiger partial charge in [-0.2, -0.15) is 0 Å². The van der Waals surface area contributed by atoms with Gasteiger partial charge in [-0.3, -0.25) is 0 Å². The molecule has 3 aromatic rings. The Morgan fingerprint density at radius 3 is 2.58 bits per heavy atom. The fourth-order valence-electron chi connectivity index (χ4n) is 3.24. The van der Waals surface area contributed by atoms with Gasteiger partial charge in [-0.15, -0.1) is 0 Å². The van der Waals surface area contributed by atoms with Crippen molar-refractivity contribution in [1.82, 2.24) is 0 Å². The predicted molar refractivity (Wildman–Crippen MR) is 123 cm³/mol. The summed E-state index contributed by atoms with van der Waals surface area (Å²) >= 11 is 1.17. The highest BCUT2D eigenvalue weighted by Crippen LogP contribution is 2.41. The second kappa shape index (κ2) is 8.57. The first kappa shape index (κ1) is 20.6. The number of hydrogen-bond acceptors (Lipinski definition) is 7. The summed E-state index contributed by atoms with van der Waals surface area (Å²) in [6, 6.07) is 18.3. The highest BCUT2D eigenvalue weighted by atomic mass is 32.2. The van der Waals surface area contributed by atoms with Crippen molar-refractivity contribution in [3.05, 3.63) is 82.5 Å². The molecule has 0 saturated carbocycles. The molecule has 0 fully saturated rings. The third kappa shape index (κ3) is 4.00. The van der Waals surface area contributed by atoms with Crippen molar-refractivity contribution in [2.24, 2.45) is 4.99 Å². The number of benzene rings is 3. The SMILES string of the molecule is COC(=O)C1=C(O)/C(=C/c2ccc(O)c(OC)c2)SC1=Nc1cccc2ccccc12. The molecule has 3 aromatic carbocycles. The number of carbonyl (C=O) groups is 1. The van der Waals surface area contributed by atoms with Crippen molar-refractivity contribution in [2.45, 2.75) is 0 Å². The second-order valence-electron chi connectivity index (χ2n) is 6.67. The van der Waals surface area contributed by atoms with Crippen LogP contribution in [-0.2, 0) is 9.53 Å². The number of rotatable bonds is 4. The molecular formula is C24H19NO5S. The molecule has 2 N–H and O–H groups in total. The quantitative estimate of drug-likeness (QED) is 0.539. The van der Waals surface area contributed by atoms with Gasteiger partial charge in [-0.05, 0) is 35.2 Å². The van der Waals surface area contributed by atoms with E-state index in [2.05, 4.69) is 4.99 Å². The maximum absolute atomic E-state index is 12.4. The molecule has 0 amide bonds. The largest absolute Gasteiger partial charge is 0.506 e. The standard InChI is InChI=1S/C24H19NO5S/c1-29-19-12-14(10-11-18(19)26)13-20-22(27)21(24(28)30-2)23(31-20)25-17-9-5-7-15-6-3-4-8-16(15)17/h3-13,26-27H,1-2H3/b20-13-,25-23?. The fourth-order valence-corrected chi connectivity index (χ4v) is 4.27. The Hall–Kier alpha value is -3.71. The van der Waals surface area contributed by atoms with Crippen LogP contribution in [0.25, 0.3) is 16.8 Å². The molecular weight excluding hydrogens is 414 g/mol. The van der Waals surface area contributed by atoms with Gasteiger partial charge in [0.1, 0.15) is 16.4 Å². The van der Waals surface area contributed by atoms with Crippen molar-refractivity contribution in [2.75, 3.05) is 14.2 Å². The Bertz CT molecular complexity index is 1270. The Kier molecular flexibility index (Phi) is 5.68. The molecule has 1 heterocycles. The van der Waals surface area contributed by atoms with Gasteiger partial charge in [0.2, 0.25) is 0 Å². The number of phenolic OH excluding ortho intramolecular Hbond substituents is 1. The summed E-state index contributed by atoms with van der Waals surface area (Å²) in [4.78, 5) is 17.5. The van der Waals surface area contributed by atoms with Gasteiger partial charge < -0.3 is 19.7 Å². The second-order valence-corrected chi connectivity index (χ2v) is 7.70. The number of hydrogen-bond donors (Lipinski definition) is 2. The predicted octanol–water partition coefficient (Wildman–Crippen LogP) is 5.36. The molecule has 1 aliphatic rings. The number of aromatic hydroxyl groups is 1. The number of phenols is 1. The van der Waals surface area contributed by atoms with Crippen molar-refractivity contribution >= 4 is 45.3 Å². The van der Waals surface area contributed by atoms with E-state index in [1.807, 2.05) is 42.5 Å². The molecule has 4 rings (SSSR count). The summed E-state index contributed by atoms with van der Waals surface area (Å²) in [7, 11) is 2.72. The number of aliphatic imine (C=N–C) groups is 1. The number of ether oxygens (including phenoxy) is 2. The van der Waals surface area contributed by atoms with Gasteiger partial charge in [-0.25, -0.2) is 9.79 Å². The van der Waals surface area contributed by atoms with Crippen LogP contribution in [0, 0.1) is 0 Å². The summed E-state index contributed by atoms with van der Waals surface area (Å²) in [5.41, 5.74) is 1.37. The Balaban J connectivity index is 1.81. The lowest BCUT2D eigenvalue weighted by molar-refractivity contribution is -0.135. The zero-order chi connectivity index (χ0) is 22.0. The summed E-state index contributed by atoms with van der Waals surface area (Å²) in [5.74, 6) is -0.561. The lowest BCUT2D eigenvalue weighted by atomic mass is 10.1. The van der Waals surface area contributed by atoms with Crippen LogP contribution in [-0.4, -0.2) is 35.4 Å². The first-order chi connectivity index (χ1) is 15.0. The van der Waals surface area contributed by atoms with Crippen LogP contribution in [0.1, 0.15) is 5.56 Å². The minimum atomic E-state index is -0.671. The van der Waals surface area contributed by atoms with Gasteiger partial charge in [0.25, 0.3) is 0 Å². The molecule has 6 nitrogen and oxygen atoms in total. The third-order valence-electron chi connectivity index (χ3n) is 4.77. The number of esters is 1.